The predicted molar refractivity (Wildman–Crippen MR) is 60.5 cm³/mol. The highest BCUT2D eigenvalue weighted by atomic mass is 16.5. The van der Waals surface area contributed by atoms with E-state index in [1.807, 2.05) is 0 Å². The molecule has 15 heavy (non-hydrogen) atoms. The Kier molecular flexibility index (Phi) is 5.67. The smallest absolute Gasteiger partial charge is 0.0635 e. The van der Waals surface area contributed by atoms with Crippen molar-refractivity contribution >= 4 is 0 Å². The minimum absolute atomic E-state index is 0.610. The van der Waals surface area contributed by atoms with Crippen molar-refractivity contribution in [2.24, 2.45) is 5.92 Å². The van der Waals surface area contributed by atoms with Gasteiger partial charge in [-0.2, -0.15) is 5.26 Å². The Bertz CT molecular complexity index is 206. The van der Waals surface area contributed by atoms with E-state index in [2.05, 4.69) is 24.8 Å². The van der Waals surface area contributed by atoms with Crippen molar-refractivity contribution in [3.8, 4) is 6.07 Å². The lowest BCUT2D eigenvalue weighted by atomic mass is 10.2. The Morgan fingerprint density at radius 3 is 2.67 bits per heavy atom. The second-order valence-corrected chi connectivity index (χ2v) is 4.64. The summed E-state index contributed by atoms with van der Waals surface area (Å²) in [5, 5.41) is 8.55. The summed E-state index contributed by atoms with van der Waals surface area (Å²) >= 11 is 0. The number of hydrogen-bond acceptors (Lipinski definition) is 3. The van der Waals surface area contributed by atoms with Crippen LogP contribution in [-0.2, 0) is 4.74 Å². The zero-order valence-corrected chi connectivity index (χ0v) is 9.91. The van der Waals surface area contributed by atoms with Crippen LogP contribution in [0.2, 0.25) is 0 Å². The highest BCUT2D eigenvalue weighted by Crippen LogP contribution is 2.26. The van der Waals surface area contributed by atoms with Crippen molar-refractivity contribution in [1.82, 2.24) is 4.90 Å². The van der Waals surface area contributed by atoms with Crippen LogP contribution in [0, 0.1) is 17.2 Å². The molecule has 0 unspecified atom stereocenters. The maximum Gasteiger partial charge on any atom is 0.0635 e. The van der Waals surface area contributed by atoms with Gasteiger partial charge in [-0.05, 0) is 18.8 Å². The van der Waals surface area contributed by atoms with Crippen LogP contribution >= 0.6 is 0 Å². The fourth-order valence-electron chi connectivity index (χ4n) is 1.61. The lowest BCUT2D eigenvalue weighted by Gasteiger charge is -2.20. The molecule has 1 fully saturated rings. The normalized spacial score (nSPS) is 15.9. The molecule has 0 aromatic heterocycles. The van der Waals surface area contributed by atoms with Gasteiger partial charge in [0.1, 0.15) is 0 Å². The maximum atomic E-state index is 8.55. The molecule has 3 heteroatoms. The molecule has 3 nitrogen and oxygen atoms in total. The Morgan fingerprint density at radius 2 is 2.13 bits per heavy atom. The first-order valence-electron chi connectivity index (χ1n) is 5.92. The Hall–Kier alpha value is -0.590. The van der Waals surface area contributed by atoms with Crippen LogP contribution in [0.25, 0.3) is 0 Å². The van der Waals surface area contributed by atoms with E-state index in [4.69, 9.17) is 10.00 Å². The summed E-state index contributed by atoms with van der Waals surface area (Å²) in [5.41, 5.74) is 0. The molecule has 0 aliphatic heterocycles. The third kappa shape index (κ3) is 5.76. The quantitative estimate of drug-likeness (QED) is 0.575. The molecule has 0 atom stereocenters. The Labute approximate surface area is 93.0 Å². The number of rotatable bonds is 8. The third-order valence-corrected chi connectivity index (χ3v) is 2.55. The molecule has 86 valence electrons. The van der Waals surface area contributed by atoms with Gasteiger partial charge in [0, 0.05) is 32.2 Å². The summed E-state index contributed by atoms with van der Waals surface area (Å²) in [6.07, 6.45) is 3.24. The van der Waals surface area contributed by atoms with Crippen LogP contribution < -0.4 is 0 Å². The van der Waals surface area contributed by atoms with E-state index in [1.54, 1.807) is 0 Å². The molecule has 0 bridgehead atoms. The van der Waals surface area contributed by atoms with Crippen molar-refractivity contribution in [3.63, 3.8) is 0 Å². The van der Waals surface area contributed by atoms with E-state index in [0.29, 0.717) is 12.3 Å². The number of nitrogens with zero attached hydrogens (tertiary/aromatic N) is 2. The molecule has 1 aliphatic carbocycles. The fraction of sp³-hybridized carbons (Fsp3) is 0.917. The van der Waals surface area contributed by atoms with Gasteiger partial charge in [-0.1, -0.05) is 13.8 Å². The highest BCUT2D eigenvalue weighted by Gasteiger charge is 2.27. The van der Waals surface area contributed by atoms with Crippen LogP contribution in [0.1, 0.15) is 33.1 Å². The molecule has 0 radical (unpaired) electrons. The summed E-state index contributed by atoms with van der Waals surface area (Å²) in [7, 11) is 0. The minimum atomic E-state index is 0.610. The predicted octanol–water partition coefficient (Wildman–Crippen LogP) is 2.04. The second-order valence-electron chi connectivity index (χ2n) is 4.64. The molecular weight excluding hydrogens is 188 g/mol. The van der Waals surface area contributed by atoms with Gasteiger partial charge in [-0.3, -0.25) is 4.90 Å². The van der Waals surface area contributed by atoms with E-state index < -0.39 is 0 Å². The summed E-state index contributed by atoms with van der Waals surface area (Å²) in [4.78, 5) is 2.39. The van der Waals surface area contributed by atoms with Gasteiger partial charge in [0.05, 0.1) is 12.7 Å². The first kappa shape index (κ1) is 12.5. The SMILES string of the molecule is CC(C)COCCN(CCC#N)C1CC1. The van der Waals surface area contributed by atoms with Gasteiger partial charge in [0.15, 0.2) is 0 Å². The molecular formula is C12H22N2O. The largest absolute Gasteiger partial charge is 0.380 e. The number of hydrogen-bond donors (Lipinski definition) is 0. The zero-order chi connectivity index (χ0) is 11.1. The van der Waals surface area contributed by atoms with Gasteiger partial charge in [-0.25, -0.2) is 0 Å². The van der Waals surface area contributed by atoms with E-state index in [-0.39, 0.29) is 0 Å². The summed E-state index contributed by atoms with van der Waals surface area (Å²) in [6, 6.07) is 2.94. The zero-order valence-electron chi connectivity index (χ0n) is 9.91. The molecule has 0 aromatic carbocycles. The molecule has 0 spiro atoms. The molecule has 1 aliphatic rings. The highest BCUT2D eigenvalue weighted by molar-refractivity contribution is 4.86. The first-order chi connectivity index (χ1) is 7.24. The molecule has 0 aromatic rings. The standard InChI is InChI=1S/C12H22N2O/c1-11(2)10-15-9-8-14(7-3-6-13)12-4-5-12/h11-12H,3-5,7-10H2,1-2H3. The van der Waals surface area contributed by atoms with Gasteiger partial charge < -0.3 is 4.74 Å². The topological polar surface area (TPSA) is 36.3 Å². The summed E-state index contributed by atoms with van der Waals surface area (Å²) < 4.78 is 5.56. The second kappa shape index (κ2) is 6.81. The van der Waals surface area contributed by atoms with Gasteiger partial charge in [0.25, 0.3) is 0 Å². The number of nitriles is 1. The summed E-state index contributed by atoms with van der Waals surface area (Å²) in [5.74, 6) is 0.610. The van der Waals surface area contributed by atoms with Crippen LogP contribution in [0.4, 0.5) is 0 Å². The fourth-order valence-corrected chi connectivity index (χ4v) is 1.61. The minimum Gasteiger partial charge on any atom is -0.380 e. The average Bonchev–Trinajstić information content (AvgIpc) is 3.00. The monoisotopic (exact) mass is 210 g/mol. The Balaban J connectivity index is 2.06. The van der Waals surface area contributed by atoms with Gasteiger partial charge in [0.2, 0.25) is 0 Å². The maximum absolute atomic E-state index is 8.55. The van der Waals surface area contributed by atoms with Crippen molar-refractivity contribution in [2.45, 2.75) is 39.2 Å². The molecule has 0 amide bonds. The van der Waals surface area contributed by atoms with Gasteiger partial charge in [-0.15, -0.1) is 0 Å². The van der Waals surface area contributed by atoms with Crippen LogP contribution in [-0.4, -0.2) is 37.2 Å². The van der Waals surface area contributed by atoms with Crippen LogP contribution in [0.5, 0.6) is 0 Å². The van der Waals surface area contributed by atoms with Gasteiger partial charge >= 0.3 is 0 Å². The van der Waals surface area contributed by atoms with Crippen LogP contribution in [0.15, 0.2) is 0 Å². The van der Waals surface area contributed by atoms with Crippen molar-refractivity contribution < 1.29 is 4.74 Å². The first-order valence-corrected chi connectivity index (χ1v) is 5.92. The molecule has 0 saturated heterocycles. The van der Waals surface area contributed by atoms with Crippen molar-refractivity contribution in [2.75, 3.05) is 26.3 Å². The molecule has 0 heterocycles. The van der Waals surface area contributed by atoms with E-state index in [0.717, 1.165) is 32.3 Å². The number of ether oxygens (including phenoxy) is 1. The van der Waals surface area contributed by atoms with E-state index in [1.165, 1.54) is 12.8 Å². The molecule has 1 rings (SSSR count). The van der Waals surface area contributed by atoms with Crippen molar-refractivity contribution in [1.29, 1.82) is 5.26 Å². The van der Waals surface area contributed by atoms with Crippen molar-refractivity contribution in [3.05, 3.63) is 0 Å². The summed E-state index contributed by atoms with van der Waals surface area (Å²) in [6.45, 7) is 7.87. The van der Waals surface area contributed by atoms with E-state index >= 15 is 0 Å². The molecule has 1 saturated carbocycles. The Morgan fingerprint density at radius 1 is 1.40 bits per heavy atom. The van der Waals surface area contributed by atoms with Crippen LogP contribution in [0.3, 0.4) is 0 Å². The lowest BCUT2D eigenvalue weighted by molar-refractivity contribution is 0.0838. The third-order valence-electron chi connectivity index (χ3n) is 2.55. The average molecular weight is 210 g/mol. The van der Waals surface area contributed by atoms with E-state index in [9.17, 15) is 0 Å². The molecule has 0 N–H and O–H groups in total. The lowest BCUT2D eigenvalue weighted by Crippen LogP contribution is -2.31.